The fourth-order valence-electron chi connectivity index (χ4n) is 2.23. The van der Waals surface area contributed by atoms with Crippen molar-refractivity contribution in [1.82, 2.24) is 0 Å². The molecule has 2 aromatic carbocycles. The van der Waals surface area contributed by atoms with Crippen molar-refractivity contribution in [2.24, 2.45) is 0 Å². The molecule has 0 saturated heterocycles. The van der Waals surface area contributed by atoms with E-state index in [4.69, 9.17) is 21.1 Å². The molecule has 1 N–H and O–H groups in total. The summed E-state index contributed by atoms with van der Waals surface area (Å²) in [6.07, 6.45) is -1.21. The lowest BCUT2D eigenvalue weighted by Gasteiger charge is -2.15. The summed E-state index contributed by atoms with van der Waals surface area (Å²) in [6, 6.07) is 10.6. The van der Waals surface area contributed by atoms with Gasteiger partial charge in [-0.15, -0.1) is 0 Å². The van der Waals surface area contributed by atoms with Gasteiger partial charge in [0.25, 0.3) is 11.6 Å². The lowest BCUT2D eigenvalue weighted by molar-refractivity contribution is -0.384. The van der Waals surface area contributed by atoms with Crippen LogP contribution in [-0.4, -0.2) is 30.0 Å². The van der Waals surface area contributed by atoms with Crippen LogP contribution in [0.3, 0.4) is 0 Å². The lowest BCUT2D eigenvalue weighted by atomic mass is 10.1. The molecule has 0 radical (unpaired) electrons. The molecule has 0 bridgehead atoms. The van der Waals surface area contributed by atoms with Gasteiger partial charge >= 0.3 is 5.97 Å². The fraction of sp³-hybridized carbons (Fsp3) is 0.222. The molecule has 2 rings (SSSR count). The number of amides is 1. The Hall–Kier alpha value is -3.13. The van der Waals surface area contributed by atoms with Crippen LogP contribution in [0.5, 0.6) is 5.75 Å². The van der Waals surface area contributed by atoms with E-state index < -0.39 is 22.9 Å². The predicted molar refractivity (Wildman–Crippen MR) is 99.0 cm³/mol. The number of rotatable bonds is 7. The van der Waals surface area contributed by atoms with Gasteiger partial charge in [0.1, 0.15) is 5.75 Å². The highest BCUT2D eigenvalue weighted by Crippen LogP contribution is 2.29. The molecule has 8 nitrogen and oxygen atoms in total. The number of nitro benzene ring substituents is 1. The van der Waals surface area contributed by atoms with Crippen molar-refractivity contribution in [3.63, 3.8) is 0 Å². The van der Waals surface area contributed by atoms with E-state index in [2.05, 4.69) is 5.32 Å². The quantitative estimate of drug-likeness (QED) is 0.439. The van der Waals surface area contributed by atoms with Crippen LogP contribution >= 0.6 is 11.6 Å². The Morgan fingerprint density at radius 3 is 2.59 bits per heavy atom. The summed E-state index contributed by atoms with van der Waals surface area (Å²) in [5.74, 6) is -1.04. The first kappa shape index (κ1) is 20.2. The maximum atomic E-state index is 12.3. The van der Waals surface area contributed by atoms with E-state index in [-0.39, 0.29) is 23.5 Å². The van der Waals surface area contributed by atoms with Crippen molar-refractivity contribution in [2.45, 2.75) is 19.4 Å². The maximum absolute atomic E-state index is 12.3. The molecule has 0 aliphatic carbocycles. The topological polar surface area (TPSA) is 108 Å². The Labute approximate surface area is 160 Å². The number of ether oxygens (including phenoxy) is 2. The summed E-state index contributed by atoms with van der Waals surface area (Å²) in [4.78, 5) is 34.6. The van der Waals surface area contributed by atoms with Crippen molar-refractivity contribution >= 4 is 34.9 Å². The monoisotopic (exact) mass is 392 g/mol. The van der Waals surface area contributed by atoms with Crippen LogP contribution in [0.25, 0.3) is 0 Å². The van der Waals surface area contributed by atoms with Gasteiger partial charge in [0, 0.05) is 17.2 Å². The molecular weight excluding hydrogens is 376 g/mol. The standard InChI is InChI=1S/C18H17ClN2O6/c1-11(27-17(22)9-12-5-3-4-6-14(12)19)18(23)20-15-10-13(21(24)25)7-8-16(15)26-2/h3-8,10-11H,9H2,1-2H3,(H,20,23)/t11-/m1/s1. The van der Waals surface area contributed by atoms with E-state index in [1.807, 2.05) is 0 Å². The highest BCUT2D eigenvalue weighted by Gasteiger charge is 2.21. The average Bonchev–Trinajstić information content (AvgIpc) is 2.63. The normalized spacial score (nSPS) is 11.4. The zero-order chi connectivity index (χ0) is 20.0. The molecule has 0 fully saturated rings. The van der Waals surface area contributed by atoms with Crippen molar-refractivity contribution in [3.05, 3.63) is 63.2 Å². The third kappa shape index (κ3) is 5.42. The Kier molecular flexibility index (Phi) is 6.73. The van der Waals surface area contributed by atoms with E-state index in [0.29, 0.717) is 10.6 Å². The number of nitrogens with zero attached hydrogens (tertiary/aromatic N) is 1. The summed E-state index contributed by atoms with van der Waals surface area (Å²) in [7, 11) is 1.36. The molecule has 0 unspecified atom stereocenters. The van der Waals surface area contributed by atoms with Gasteiger partial charge in [0.05, 0.1) is 24.1 Å². The second-order valence-corrected chi connectivity index (χ2v) is 5.94. The summed E-state index contributed by atoms with van der Waals surface area (Å²) in [6.45, 7) is 1.39. The molecular formula is C18H17ClN2O6. The van der Waals surface area contributed by atoms with Gasteiger partial charge in [0.15, 0.2) is 6.10 Å². The van der Waals surface area contributed by atoms with Crippen molar-refractivity contribution < 1.29 is 24.0 Å². The van der Waals surface area contributed by atoms with Gasteiger partial charge < -0.3 is 14.8 Å². The highest BCUT2D eigenvalue weighted by molar-refractivity contribution is 6.31. The number of halogens is 1. The van der Waals surface area contributed by atoms with Crippen LogP contribution in [0.15, 0.2) is 42.5 Å². The average molecular weight is 393 g/mol. The van der Waals surface area contributed by atoms with E-state index in [9.17, 15) is 19.7 Å². The third-order valence-corrected chi connectivity index (χ3v) is 3.99. The molecule has 0 aromatic heterocycles. The van der Waals surface area contributed by atoms with Gasteiger partial charge in [-0.05, 0) is 24.6 Å². The fourth-order valence-corrected chi connectivity index (χ4v) is 2.43. The van der Waals surface area contributed by atoms with Gasteiger partial charge in [-0.2, -0.15) is 0 Å². The number of carbonyl (C=O) groups is 2. The molecule has 0 heterocycles. The van der Waals surface area contributed by atoms with Crippen LogP contribution in [-0.2, 0) is 20.7 Å². The number of carbonyl (C=O) groups excluding carboxylic acids is 2. The Morgan fingerprint density at radius 1 is 1.26 bits per heavy atom. The smallest absolute Gasteiger partial charge is 0.311 e. The summed E-state index contributed by atoms with van der Waals surface area (Å²) < 4.78 is 10.2. The number of nitro groups is 1. The molecule has 0 aliphatic heterocycles. The van der Waals surface area contributed by atoms with Gasteiger partial charge in [-0.3, -0.25) is 19.7 Å². The first-order valence-corrected chi connectivity index (χ1v) is 8.25. The first-order valence-electron chi connectivity index (χ1n) is 7.88. The largest absolute Gasteiger partial charge is 0.495 e. The highest BCUT2D eigenvalue weighted by atomic mass is 35.5. The molecule has 142 valence electrons. The number of benzene rings is 2. The molecule has 1 amide bonds. The number of hydrogen-bond acceptors (Lipinski definition) is 6. The van der Waals surface area contributed by atoms with Gasteiger partial charge in [0.2, 0.25) is 0 Å². The molecule has 2 aromatic rings. The van der Waals surface area contributed by atoms with Gasteiger partial charge in [-0.1, -0.05) is 29.8 Å². The Morgan fingerprint density at radius 2 is 1.96 bits per heavy atom. The number of non-ortho nitro benzene ring substituents is 1. The minimum absolute atomic E-state index is 0.0859. The molecule has 9 heteroatoms. The maximum Gasteiger partial charge on any atom is 0.311 e. The molecule has 0 spiro atoms. The van der Waals surface area contributed by atoms with E-state index in [1.165, 1.54) is 26.2 Å². The summed E-state index contributed by atoms with van der Waals surface area (Å²) in [5.41, 5.74) is 0.470. The number of anilines is 1. The van der Waals surface area contributed by atoms with Gasteiger partial charge in [-0.25, -0.2) is 0 Å². The van der Waals surface area contributed by atoms with E-state index >= 15 is 0 Å². The molecule has 1 atom stereocenters. The van der Waals surface area contributed by atoms with Crippen molar-refractivity contribution in [3.8, 4) is 5.75 Å². The van der Waals surface area contributed by atoms with Crippen molar-refractivity contribution in [2.75, 3.05) is 12.4 Å². The van der Waals surface area contributed by atoms with Crippen LogP contribution in [0, 0.1) is 10.1 Å². The third-order valence-electron chi connectivity index (χ3n) is 3.62. The Balaban J connectivity index is 2.03. The lowest BCUT2D eigenvalue weighted by Crippen LogP contribution is -2.30. The van der Waals surface area contributed by atoms with Crippen LogP contribution in [0.2, 0.25) is 5.02 Å². The second-order valence-electron chi connectivity index (χ2n) is 5.53. The minimum atomic E-state index is -1.12. The minimum Gasteiger partial charge on any atom is -0.495 e. The summed E-state index contributed by atoms with van der Waals surface area (Å²) in [5, 5.41) is 13.8. The summed E-state index contributed by atoms with van der Waals surface area (Å²) >= 11 is 5.99. The number of hydrogen-bond donors (Lipinski definition) is 1. The first-order chi connectivity index (χ1) is 12.8. The number of nitrogens with one attached hydrogen (secondary N) is 1. The molecule has 0 aliphatic rings. The van der Waals surface area contributed by atoms with Crippen LogP contribution in [0.1, 0.15) is 12.5 Å². The molecule has 27 heavy (non-hydrogen) atoms. The Bertz CT molecular complexity index is 871. The predicted octanol–water partition coefficient (Wildman–Crippen LogP) is 3.37. The van der Waals surface area contributed by atoms with E-state index in [1.54, 1.807) is 24.3 Å². The zero-order valence-electron chi connectivity index (χ0n) is 14.6. The SMILES string of the molecule is COc1ccc([N+](=O)[O-])cc1NC(=O)[C@@H](C)OC(=O)Cc1ccccc1Cl. The van der Waals surface area contributed by atoms with Crippen LogP contribution < -0.4 is 10.1 Å². The van der Waals surface area contributed by atoms with E-state index in [0.717, 1.165) is 6.07 Å². The molecule has 0 saturated carbocycles. The number of esters is 1. The van der Waals surface area contributed by atoms with Crippen molar-refractivity contribution in [1.29, 1.82) is 0 Å². The van der Waals surface area contributed by atoms with Crippen LogP contribution in [0.4, 0.5) is 11.4 Å². The number of methoxy groups -OCH3 is 1. The second kappa shape index (κ2) is 9.00. The zero-order valence-corrected chi connectivity index (χ0v) is 15.4.